The standard InChI is InChI=1S/C8H17ClS/c1-7(5-9)6-10-8(2,3)4/h7H,5-6H2,1-4H3. The summed E-state index contributed by atoms with van der Waals surface area (Å²) in [6.45, 7) is 8.89. The van der Waals surface area contributed by atoms with Gasteiger partial charge in [0.25, 0.3) is 0 Å². The fourth-order valence-corrected chi connectivity index (χ4v) is 1.58. The molecule has 0 aliphatic carbocycles. The van der Waals surface area contributed by atoms with Gasteiger partial charge >= 0.3 is 0 Å². The molecule has 0 bridgehead atoms. The lowest BCUT2D eigenvalue weighted by Crippen LogP contribution is -2.12. The third-order valence-electron chi connectivity index (χ3n) is 1.06. The SMILES string of the molecule is CC(CCl)CSC(C)(C)C. The van der Waals surface area contributed by atoms with Gasteiger partial charge in [-0.3, -0.25) is 0 Å². The molecule has 0 aromatic heterocycles. The summed E-state index contributed by atoms with van der Waals surface area (Å²) in [7, 11) is 0. The maximum atomic E-state index is 5.67. The second-order valence-corrected chi connectivity index (χ2v) is 5.84. The van der Waals surface area contributed by atoms with Crippen molar-refractivity contribution in [2.24, 2.45) is 5.92 Å². The number of alkyl halides is 1. The predicted octanol–water partition coefficient (Wildman–Crippen LogP) is 3.39. The maximum Gasteiger partial charge on any atom is 0.0257 e. The highest BCUT2D eigenvalue weighted by molar-refractivity contribution is 8.00. The molecule has 0 saturated carbocycles. The van der Waals surface area contributed by atoms with Crippen LogP contribution in [0.25, 0.3) is 0 Å². The van der Waals surface area contributed by atoms with E-state index in [0.717, 1.165) is 5.88 Å². The molecule has 0 aliphatic heterocycles. The van der Waals surface area contributed by atoms with Gasteiger partial charge in [-0.25, -0.2) is 0 Å². The van der Waals surface area contributed by atoms with Gasteiger partial charge in [0.05, 0.1) is 0 Å². The van der Waals surface area contributed by atoms with Crippen molar-refractivity contribution in [1.29, 1.82) is 0 Å². The number of rotatable bonds is 3. The van der Waals surface area contributed by atoms with Crippen LogP contribution in [0, 0.1) is 5.92 Å². The molecule has 0 saturated heterocycles. The molecule has 0 aliphatic rings. The van der Waals surface area contributed by atoms with Crippen molar-refractivity contribution in [2.45, 2.75) is 32.4 Å². The fraction of sp³-hybridized carbons (Fsp3) is 1.00. The van der Waals surface area contributed by atoms with Crippen molar-refractivity contribution >= 4 is 23.4 Å². The fourth-order valence-electron chi connectivity index (χ4n) is 0.437. The topological polar surface area (TPSA) is 0 Å². The third kappa shape index (κ3) is 6.76. The largest absolute Gasteiger partial charge is 0.156 e. The van der Waals surface area contributed by atoms with E-state index in [0.29, 0.717) is 10.7 Å². The molecular formula is C8H17ClS. The van der Waals surface area contributed by atoms with Gasteiger partial charge in [-0.1, -0.05) is 27.7 Å². The van der Waals surface area contributed by atoms with Gasteiger partial charge in [-0.05, 0) is 11.7 Å². The lowest BCUT2D eigenvalue weighted by atomic mass is 10.2. The van der Waals surface area contributed by atoms with Gasteiger partial charge in [-0.15, -0.1) is 11.6 Å². The van der Waals surface area contributed by atoms with Crippen molar-refractivity contribution in [1.82, 2.24) is 0 Å². The van der Waals surface area contributed by atoms with E-state index in [1.807, 2.05) is 11.8 Å². The summed E-state index contributed by atoms with van der Waals surface area (Å²) in [5.41, 5.74) is 0. The monoisotopic (exact) mass is 180 g/mol. The molecule has 0 nitrogen and oxygen atoms in total. The van der Waals surface area contributed by atoms with Crippen LogP contribution in [0.4, 0.5) is 0 Å². The Bertz CT molecular complexity index is 85.7. The molecule has 0 fully saturated rings. The number of thioether (sulfide) groups is 1. The van der Waals surface area contributed by atoms with Crippen LogP contribution in [-0.2, 0) is 0 Å². The zero-order valence-electron chi connectivity index (χ0n) is 7.28. The highest BCUT2D eigenvalue weighted by Crippen LogP contribution is 2.25. The van der Waals surface area contributed by atoms with Crippen LogP contribution in [0.2, 0.25) is 0 Å². The predicted molar refractivity (Wildman–Crippen MR) is 52.1 cm³/mol. The second kappa shape index (κ2) is 4.50. The first-order valence-corrected chi connectivity index (χ1v) is 5.17. The van der Waals surface area contributed by atoms with E-state index in [2.05, 4.69) is 27.7 Å². The summed E-state index contributed by atoms with van der Waals surface area (Å²) >= 11 is 7.65. The molecule has 0 heterocycles. The average Bonchev–Trinajstić information content (AvgIpc) is 1.81. The lowest BCUT2D eigenvalue weighted by Gasteiger charge is -2.19. The van der Waals surface area contributed by atoms with Crippen molar-refractivity contribution in [3.8, 4) is 0 Å². The Balaban J connectivity index is 3.36. The van der Waals surface area contributed by atoms with Crippen LogP contribution in [0.1, 0.15) is 27.7 Å². The van der Waals surface area contributed by atoms with E-state index < -0.39 is 0 Å². The molecule has 62 valence electrons. The molecular weight excluding hydrogens is 164 g/mol. The zero-order valence-corrected chi connectivity index (χ0v) is 8.85. The summed E-state index contributed by atoms with van der Waals surface area (Å²) in [6.07, 6.45) is 0. The highest BCUT2D eigenvalue weighted by atomic mass is 35.5. The molecule has 0 spiro atoms. The molecule has 10 heavy (non-hydrogen) atoms. The van der Waals surface area contributed by atoms with Crippen LogP contribution in [-0.4, -0.2) is 16.4 Å². The Morgan fingerprint density at radius 2 is 1.90 bits per heavy atom. The van der Waals surface area contributed by atoms with Gasteiger partial charge < -0.3 is 0 Å². The molecule has 0 radical (unpaired) electrons. The smallest absolute Gasteiger partial charge is 0.0257 e. The van der Waals surface area contributed by atoms with E-state index in [-0.39, 0.29) is 0 Å². The molecule has 0 aromatic rings. The normalized spacial score (nSPS) is 15.3. The molecule has 1 atom stereocenters. The van der Waals surface area contributed by atoms with Crippen molar-refractivity contribution in [3.05, 3.63) is 0 Å². The number of hydrogen-bond donors (Lipinski definition) is 0. The van der Waals surface area contributed by atoms with Crippen LogP contribution in [0.15, 0.2) is 0 Å². The minimum Gasteiger partial charge on any atom is -0.156 e. The van der Waals surface area contributed by atoms with E-state index in [1.54, 1.807) is 0 Å². The van der Waals surface area contributed by atoms with E-state index in [1.165, 1.54) is 5.75 Å². The molecule has 0 rings (SSSR count). The average molecular weight is 181 g/mol. The van der Waals surface area contributed by atoms with Gasteiger partial charge in [0, 0.05) is 10.6 Å². The minimum absolute atomic E-state index is 0.389. The summed E-state index contributed by atoms with van der Waals surface area (Å²) < 4.78 is 0.389. The first-order valence-electron chi connectivity index (χ1n) is 3.65. The molecule has 2 heteroatoms. The number of halogens is 1. The van der Waals surface area contributed by atoms with Gasteiger partial charge in [-0.2, -0.15) is 11.8 Å². The third-order valence-corrected chi connectivity index (χ3v) is 3.19. The Kier molecular flexibility index (Phi) is 4.79. The van der Waals surface area contributed by atoms with Crippen molar-refractivity contribution in [2.75, 3.05) is 11.6 Å². The maximum absolute atomic E-state index is 5.67. The lowest BCUT2D eigenvalue weighted by molar-refractivity contribution is 0.739. The Morgan fingerprint density at radius 1 is 1.40 bits per heavy atom. The minimum atomic E-state index is 0.389. The summed E-state index contributed by atoms with van der Waals surface area (Å²) in [5, 5.41) is 0. The van der Waals surface area contributed by atoms with E-state index in [4.69, 9.17) is 11.6 Å². The first-order chi connectivity index (χ1) is 4.45. The van der Waals surface area contributed by atoms with Crippen LogP contribution in [0.3, 0.4) is 0 Å². The second-order valence-electron chi connectivity index (χ2n) is 3.68. The number of hydrogen-bond acceptors (Lipinski definition) is 1. The molecule has 0 aromatic carbocycles. The first kappa shape index (κ1) is 10.6. The van der Waals surface area contributed by atoms with Crippen LogP contribution in [0.5, 0.6) is 0 Å². The van der Waals surface area contributed by atoms with Gasteiger partial charge in [0.1, 0.15) is 0 Å². The van der Waals surface area contributed by atoms with Crippen molar-refractivity contribution in [3.63, 3.8) is 0 Å². The highest BCUT2D eigenvalue weighted by Gasteiger charge is 2.11. The van der Waals surface area contributed by atoms with Gasteiger partial charge in [0.15, 0.2) is 0 Å². The van der Waals surface area contributed by atoms with Gasteiger partial charge in [0.2, 0.25) is 0 Å². The molecule has 1 unspecified atom stereocenters. The zero-order chi connectivity index (χ0) is 8.20. The quantitative estimate of drug-likeness (QED) is 0.600. The van der Waals surface area contributed by atoms with E-state index >= 15 is 0 Å². The summed E-state index contributed by atoms with van der Waals surface area (Å²) in [4.78, 5) is 0. The van der Waals surface area contributed by atoms with E-state index in [9.17, 15) is 0 Å². The van der Waals surface area contributed by atoms with Crippen LogP contribution < -0.4 is 0 Å². The Labute approximate surface area is 73.7 Å². The molecule has 0 amide bonds. The Hall–Kier alpha value is 0.640. The van der Waals surface area contributed by atoms with Crippen LogP contribution >= 0.6 is 23.4 Å². The van der Waals surface area contributed by atoms with Crippen molar-refractivity contribution < 1.29 is 0 Å². The molecule has 0 N–H and O–H groups in total. The Morgan fingerprint density at radius 3 is 2.20 bits per heavy atom. The summed E-state index contributed by atoms with van der Waals surface area (Å²) in [6, 6.07) is 0. The summed E-state index contributed by atoms with van der Waals surface area (Å²) in [5.74, 6) is 2.60.